The van der Waals surface area contributed by atoms with Crippen molar-refractivity contribution in [3.8, 4) is 0 Å². The van der Waals surface area contributed by atoms with Crippen LogP contribution >= 0.6 is 15.9 Å². The zero-order valence-electron chi connectivity index (χ0n) is 10.7. The monoisotopic (exact) mass is 308 g/mol. The minimum Gasteiger partial charge on any atom is -0.309 e. The summed E-state index contributed by atoms with van der Waals surface area (Å²) in [5.41, 5.74) is 1.41. The molecule has 1 aliphatic heterocycles. The molecule has 0 bridgehead atoms. The summed E-state index contributed by atoms with van der Waals surface area (Å²) in [5.74, 6) is 0. The Morgan fingerprint density at radius 1 is 1.28 bits per heavy atom. The lowest BCUT2D eigenvalue weighted by Crippen LogP contribution is -2.42. The molecule has 2 nitrogen and oxygen atoms in total. The van der Waals surface area contributed by atoms with Crippen LogP contribution in [0.4, 0.5) is 0 Å². The van der Waals surface area contributed by atoms with Crippen LogP contribution in [-0.4, -0.2) is 30.6 Å². The molecule has 1 N–H and O–H groups in total. The second-order valence-corrected chi connectivity index (χ2v) is 6.06. The van der Waals surface area contributed by atoms with Crippen molar-refractivity contribution in [3.05, 3.63) is 47.0 Å². The van der Waals surface area contributed by atoms with Crippen LogP contribution in [0.3, 0.4) is 0 Å². The van der Waals surface area contributed by atoms with Crippen LogP contribution < -0.4 is 5.32 Å². The Labute approximate surface area is 118 Å². The predicted octanol–water partition coefficient (Wildman–Crippen LogP) is 3.15. The SMILES string of the molecule is C=C(Br)CNC1CCN(Cc2ccccc2)CC1. The van der Waals surface area contributed by atoms with E-state index in [1.165, 1.54) is 31.5 Å². The summed E-state index contributed by atoms with van der Waals surface area (Å²) in [6.45, 7) is 8.18. The summed E-state index contributed by atoms with van der Waals surface area (Å²) in [6.07, 6.45) is 2.46. The molecule has 1 aromatic rings. The molecule has 0 atom stereocenters. The van der Waals surface area contributed by atoms with Gasteiger partial charge in [0.25, 0.3) is 0 Å². The van der Waals surface area contributed by atoms with E-state index in [0.29, 0.717) is 6.04 Å². The number of nitrogens with one attached hydrogen (secondary N) is 1. The molecule has 0 aliphatic carbocycles. The third kappa shape index (κ3) is 4.56. The summed E-state index contributed by atoms with van der Waals surface area (Å²) in [6, 6.07) is 11.4. The van der Waals surface area contributed by atoms with Gasteiger partial charge in [-0.2, -0.15) is 0 Å². The fraction of sp³-hybridized carbons (Fsp3) is 0.467. The Bertz CT molecular complexity index is 369. The van der Waals surface area contributed by atoms with Gasteiger partial charge in [0.1, 0.15) is 0 Å². The molecule has 2 rings (SSSR count). The fourth-order valence-corrected chi connectivity index (χ4v) is 2.55. The van der Waals surface area contributed by atoms with E-state index < -0.39 is 0 Å². The van der Waals surface area contributed by atoms with Crippen molar-refractivity contribution in [1.29, 1.82) is 0 Å². The Morgan fingerprint density at radius 3 is 2.56 bits per heavy atom. The first-order chi connectivity index (χ1) is 8.74. The largest absolute Gasteiger partial charge is 0.309 e. The number of halogens is 1. The van der Waals surface area contributed by atoms with Crippen molar-refractivity contribution in [2.45, 2.75) is 25.4 Å². The minimum absolute atomic E-state index is 0.645. The van der Waals surface area contributed by atoms with Gasteiger partial charge in [-0.05, 0) is 31.5 Å². The molecule has 1 heterocycles. The highest BCUT2D eigenvalue weighted by Crippen LogP contribution is 2.14. The lowest BCUT2D eigenvalue weighted by molar-refractivity contribution is 0.192. The number of rotatable bonds is 5. The van der Waals surface area contributed by atoms with E-state index in [1.54, 1.807) is 0 Å². The van der Waals surface area contributed by atoms with Crippen LogP contribution in [0.15, 0.2) is 41.4 Å². The maximum Gasteiger partial charge on any atom is 0.0268 e. The first kappa shape index (κ1) is 13.8. The molecule has 18 heavy (non-hydrogen) atoms. The second-order valence-electron chi connectivity index (χ2n) is 4.93. The van der Waals surface area contributed by atoms with Crippen molar-refractivity contribution in [1.82, 2.24) is 10.2 Å². The molecular formula is C15H21BrN2. The number of hydrogen-bond donors (Lipinski definition) is 1. The van der Waals surface area contributed by atoms with Gasteiger partial charge >= 0.3 is 0 Å². The highest BCUT2D eigenvalue weighted by Gasteiger charge is 2.18. The number of nitrogens with zero attached hydrogens (tertiary/aromatic N) is 1. The number of benzene rings is 1. The number of piperidine rings is 1. The van der Waals surface area contributed by atoms with Crippen LogP contribution in [-0.2, 0) is 6.54 Å². The average molecular weight is 309 g/mol. The van der Waals surface area contributed by atoms with E-state index >= 15 is 0 Å². The number of likely N-dealkylation sites (tertiary alicyclic amines) is 1. The van der Waals surface area contributed by atoms with E-state index in [2.05, 4.69) is 63.1 Å². The highest BCUT2D eigenvalue weighted by molar-refractivity contribution is 9.11. The molecule has 3 heteroatoms. The summed E-state index contributed by atoms with van der Waals surface area (Å²) >= 11 is 3.39. The fourth-order valence-electron chi connectivity index (χ4n) is 2.39. The van der Waals surface area contributed by atoms with Crippen LogP contribution in [0.5, 0.6) is 0 Å². The summed E-state index contributed by atoms with van der Waals surface area (Å²) < 4.78 is 1.04. The molecule has 1 saturated heterocycles. The van der Waals surface area contributed by atoms with Gasteiger partial charge in [-0.1, -0.05) is 52.8 Å². The Balaban J connectivity index is 1.72. The third-order valence-corrected chi connectivity index (χ3v) is 3.70. The first-order valence-electron chi connectivity index (χ1n) is 6.57. The van der Waals surface area contributed by atoms with Crippen LogP contribution in [0, 0.1) is 0 Å². The summed E-state index contributed by atoms with van der Waals surface area (Å²) in [7, 11) is 0. The van der Waals surface area contributed by atoms with Gasteiger partial charge in [0, 0.05) is 23.6 Å². The zero-order chi connectivity index (χ0) is 12.8. The van der Waals surface area contributed by atoms with E-state index in [4.69, 9.17) is 0 Å². The minimum atomic E-state index is 0.645. The Morgan fingerprint density at radius 2 is 1.94 bits per heavy atom. The topological polar surface area (TPSA) is 15.3 Å². The zero-order valence-corrected chi connectivity index (χ0v) is 12.3. The van der Waals surface area contributed by atoms with Gasteiger partial charge in [0.2, 0.25) is 0 Å². The molecule has 0 radical (unpaired) electrons. The molecule has 0 aromatic heterocycles. The van der Waals surface area contributed by atoms with Gasteiger partial charge < -0.3 is 5.32 Å². The van der Waals surface area contributed by atoms with E-state index in [0.717, 1.165) is 17.6 Å². The maximum atomic E-state index is 3.85. The normalized spacial score (nSPS) is 17.8. The lowest BCUT2D eigenvalue weighted by atomic mass is 10.0. The van der Waals surface area contributed by atoms with Crippen molar-refractivity contribution < 1.29 is 0 Å². The molecule has 0 amide bonds. The summed E-state index contributed by atoms with van der Waals surface area (Å²) in [5, 5.41) is 3.53. The van der Waals surface area contributed by atoms with Crippen LogP contribution in [0.1, 0.15) is 18.4 Å². The van der Waals surface area contributed by atoms with E-state index in [-0.39, 0.29) is 0 Å². The molecule has 1 fully saturated rings. The highest BCUT2D eigenvalue weighted by atomic mass is 79.9. The summed E-state index contributed by atoms with van der Waals surface area (Å²) in [4.78, 5) is 2.54. The molecule has 1 aromatic carbocycles. The van der Waals surface area contributed by atoms with Gasteiger partial charge in [0.05, 0.1) is 0 Å². The Kier molecular flexibility index (Phi) is 5.42. The van der Waals surface area contributed by atoms with E-state index in [1.807, 2.05) is 0 Å². The second kappa shape index (κ2) is 7.07. The molecule has 0 spiro atoms. The van der Waals surface area contributed by atoms with Crippen LogP contribution in [0.2, 0.25) is 0 Å². The molecule has 1 aliphatic rings. The molecule has 98 valence electrons. The van der Waals surface area contributed by atoms with Gasteiger partial charge in [-0.25, -0.2) is 0 Å². The molecule has 0 saturated carbocycles. The predicted molar refractivity (Wildman–Crippen MR) is 80.8 cm³/mol. The van der Waals surface area contributed by atoms with Gasteiger partial charge in [-0.15, -0.1) is 0 Å². The van der Waals surface area contributed by atoms with E-state index in [9.17, 15) is 0 Å². The molecular weight excluding hydrogens is 288 g/mol. The van der Waals surface area contributed by atoms with Gasteiger partial charge in [0.15, 0.2) is 0 Å². The van der Waals surface area contributed by atoms with Crippen LogP contribution in [0.25, 0.3) is 0 Å². The molecule has 0 unspecified atom stereocenters. The first-order valence-corrected chi connectivity index (χ1v) is 7.36. The smallest absolute Gasteiger partial charge is 0.0268 e. The quantitative estimate of drug-likeness (QED) is 0.899. The average Bonchev–Trinajstić information content (AvgIpc) is 2.39. The van der Waals surface area contributed by atoms with Crippen molar-refractivity contribution in [3.63, 3.8) is 0 Å². The van der Waals surface area contributed by atoms with Crippen molar-refractivity contribution in [2.24, 2.45) is 0 Å². The van der Waals surface area contributed by atoms with Crippen molar-refractivity contribution in [2.75, 3.05) is 19.6 Å². The van der Waals surface area contributed by atoms with Crippen molar-refractivity contribution >= 4 is 15.9 Å². The third-order valence-electron chi connectivity index (χ3n) is 3.42. The lowest BCUT2D eigenvalue weighted by Gasteiger charge is -2.32. The Hall–Kier alpha value is -0.640. The standard InChI is InChI=1S/C15H21BrN2/c1-13(16)11-17-15-7-9-18(10-8-15)12-14-5-3-2-4-6-14/h2-6,15,17H,1,7-12H2. The maximum absolute atomic E-state index is 3.85. The number of hydrogen-bond acceptors (Lipinski definition) is 2. The van der Waals surface area contributed by atoms with Gasteiger partial charge in [-0.3, -0.25) is 4.90 Å².